The van der Waals surface area contributed by atoms with Crippen molar-refractivity contribution in [1.29, 1.82) is 0 Å². The number of nitrogens with two attached hydrogens (primary N) is 1. The zero-order chi connectivity index (χ0) is 14.5. The molecule has 1 aliphatic rings. The molecule has 0 amide bonds. The predicted molar refractivity (Wildman–Crippen MR) is 81.6 cm³/mol. The highest BCUT2D eigenvalue weighted by molar-refractivity contribution is 5.69. The van der Waals surface area contributed by atoms with Gasteiger partial charge in [0.05, 0.1) is 18.0 Å². The van der Waals surface area contributed by atoms with E-state index in [0.717, 1.165) is 5.69 Å². The quantitative estimate of drug-likeness (QED) is 0.795. The van der Waals surface area contributed by atoms with Crippen molar-refractivity contribution in [3.63, 3.8) is 0 Å². The van der Waals surface area contributed by atoms with Gasteiger partial charge >= 0.3 is 0 Å². The highest BCUT2D eigenvalue weighted by Gasteiger charge is 2.21. The molecule has 1 aromatic rings. The fourth-order valence-corrected chi connectivity index (χ4v) is 2.96. The van der Waals surface area contributed by atoms with Crippen molar-refractivity contribution in [3.8, 4) is 5.75 Å². The lowest BCUT2D eigenvalue weighted by Gasteiger charge is -2.29. The van der Waals surface area contributed by atoms with Crippen molar-refractivity contribution >= 4 is 11.4 Å². The molecule has 3 N–H and O–H groups in total. The Labute approximate surface area is 120 Å². The molecule has 1 saturated carbocycles. The number of nitrogen functional groups attached to an aromatic ring is 1. The number of halogens is 1. The van der Waals surface area contributed by atoms with Crippen LogP contribution in [-0.2, 0) is 0 Å². The number of ether oxygens (including phenoxy) is 1. The van der Waals surface area contributed by atoms with E-state index in [1.807, 2.05) is 6.92 Å². The van der Waals surface area contributed by atoms with Crippen LogP contribution in [0.15, 0.2) is 12.1 Å². The molecule has 0 saturated heterocycles. The van der Waals surface area contributed by atoms with Gasteiger partial charge in [0.25, 0.3) is 0 Å². The normalized spacial score (nSPS) is 17.8. The topological polar surface area (TPSA) is 47.3 Å². The molecule has 1 unspecified atom stereocenters. The molecule has 20 heavy (non-hydrogen) atoms. The van der Waals surface area contributed by atoms with E-state index >= 15 is 0 Å². The molecule has 1 fully saturated rings. The average molecular weight is 280 g/mol. The Morgan fingerprint density at radius 2 is 2.05 bits per heavy atom. The number of rotatable bonds is 5. The summed E-state index contributed by atoms with van der Waals surface area (Å²) in [5.41, 5.74) is 7.12. The van der Waals surface area contributed by atoms with Gasteiger partial charge in [-0.1, -0.05) is 19.3 Å². The Balaban J connectivity index is 2.09. The largest absolute Gasteiger partial charge is 0.491 e. The lowest BCUT2D eigenvalue weighted by atomic mass is 9.84. The first-order valence-electron chi connectivity index (χ1n) is 7.60. The number of benzene rings is 1. The summed E-state index contributed by atoms with van der Waals surface area (Å²) in [5, 5.41) is 3.43. The van der Waals surface area contributed by atoms with E-state index in [0.29, 0.717) is 24.3 Å². The van der Waals surface area contributed by atoms with Gasteiger partial charge in [0.2, 0.25) is 0 Å². The zero-order valence-electron chi connectivity index (χ0n) is 12.4. The number of nitrogens with one attached hydrogen (secondary N) is 1. The zero-order valence-corrected chi connectivity index (χ0v) is 12.4. The first kappa shape index (κ1) is 14.9. The molecule has 1 aliphatic carbocycles. The molecule has 4 heteroatoms. The molecular weight excluding hydrogens is 255 g/mol. The minimum Gasteiger partial charge on any atom is -0.491 e. The summed E-state index contributed by atoms with van der Waals surface area (Å²) in [6.45, 7) is 4.46. The molecule has 0 bridgehead atoms. The fraction of sp³-hybridized carbons (Fsp3) is 0.625. The van der Waals surface area contributed by atoms with Crippen LogP contribution >= 0.6 is 0 Å². The Hall–Kier alpha value is -1.45. The van der Waals surface area contributed by atoms with Gasteiger partial charge < -0.3 is 15.8 Å². The number of hydrogen-bond donors (Lipinski definition) is 2. The fourth-order valence-electron chi connectivity index (χ4n) is 2.96. The predicted octanol–water partition coefficient (Wildman–Crippen LogP) is 4.19. The Kier molecular flexibility index (Phi) is 5.10. The summed E-state index contributed by atoms with van der Waals surface area (Å²) in [5.74, 6) is 0.531. The van der Waals surface area contributed by atoms with Gasteiger partial charge in [0.15, 0.2) is 11.6 Å². The summed E-state index contributed by atoms with van der Waals surface area (Å²) in [7, 11) is 0. The van der Waals surface area contributed by atoms with E-state index in [1.165, 1.54) is 38.2 Å². The summed E-state index contributed by atoms with van der Waals surface area (Å²) < 4.78 is 19.0. The third-order valence-electron chi connectivity index (χ3n) is 4.14. The Bertz CT molecular complexity index is 444. The molecule has 1 aromatic carbocycles. The van der Waals surface area contributed by atoms with Gasteiger partial charge in [-0.25, -0.2) is 4.39 Å². The molecule has 112 valence electrons. The Morgan fingerprint density at radius 1 is 1.35 bits per heavy atom. The second-order valence-electron chi connectivity index (χ2n) is 5.63. The third kappa shape index (κ3) is 3.56. The van der Waals surface area contributed by atoms with Crippen molar-refractivity contribution in [2.24, 2.45) is 5.92 Å². The van der Waals surface area contributed by atoms with Gasteiger partial charge in [0.1, 0.15) is 0 Å². The lowest BCUT2D eigenvalue weighted by molar-refractivity contribution is 0.320. The number of hydrogen-bond acceptors (Lipinski definition) is 3. The molecule has 0 aliphatic heterocycles. The van der Waals surface area contributed by atoms with Gasteiger partial charge in [-0.2, -0.15) is 0 Å². The summed E-state index contributed by atoms with van der Waals surface area (Å²) in [6.07, 6.45) is 6.47. The second kappa shape index (κ2) is 6.82. The van der Waals surface area contributed by atoms with Crippen LogP contribution in [0.5, 0.6) is 5.75 Å². The average Bonchev–Trinajstić information content (AvgIpc) is 2.45. The maximum atomic E-state index is 13.7. The molecular formula is C16H25FN2O. The molecule has 3 nitrogen and oxygen atoms in total. The van der Waals surface area contributed by atoms with Crippen LogP contribution in [-0.4, -0.2) is 12.6 Å². The van der Waals surface area contributed by atoms with Crippen LogP contribution < -0.4 is 15.8 Å². The monoisotopic (exact) mass is 280 g/mol. The van der Waals surface area contributed by atoms with Crippen LogP contribution in [0.25, 0.3) is 0 Å². The van der Waals surface area contributed by atoms with Gasteiger partial charge in [-0.3, -0.25) is 0 Å². The second-order valence-corrected chi connectivity index (χ2v) is 5.63. The first-order chi connectivity index (χ1) is 9.61. The maximum absolute atomic E-state index is 13.7. The van der Waals surface area contributed by atoms with E-state index in [1.54, 1.807) is 6.07 Å². The van der Waals surface area contributed by atoms with E-state index in [2.05, 4.69) is 12.2 Å². The van der Waals surface area contributed by atoms with Crippen molar-refractivity contribution < 1.29 is 9.13 Å². The standard InChI is InChI=1S/C16H25FN2O/c1-3-20-16-10-15(14(18)9-13(16)17)19-11(2)12-7-5-4-6-8-12/h9-12,19H,3-8,18H2,1-2H3. The highest BCUT2D eigenvalue weighted by atomic mass is 19.1. The smallest absolute Gasteiger partial charge is 0.167 e. The van der Waals surface area contributed by atoms with Gasteiger partial charge in [-0.15, -0.1) is 0 Å². The van der Waals surface area contributed by atoms with Gasteiger partial charge in [-0.05, 0) is 32.6 Å². The minimum absolute atomic E-state index is 0.264. The van der Waals surface area contributed by atoms with E-state index < -0.39 is 5.82 Å². The summed E-state index contributed by atoms with van der Waals surface area (Å²) in [4.78, 5) is 0. The van der Waals surface area contributed by atoms with Crippen molar-refractivity contribution in [2.45, 2.75) is 52.0 Å². The van der Waals surface area contributed by atoms with Crippen LogP contribution in [0.3, 0.4) is 0 Å². The van der Waals surface area contributed by atoms with Gasteiger partial charge in [0, 0.05) is 18.2 Å². The summed E-state index contributed by atoms with van der Waals surface area (Å²) in [6, 6.07) is 3.35. The molecule has 0 radical (unpaired) electrons. The SMILES string of the molecule is CCOc1cc(NC(C)C2CCCCC2)c(N)cc1F. The molecule has 0 aromatic heterocycles. The maximum Gasteiger partial charge on any atom is 0.167 e. The molecule has 0 spiro atoms. The number of anilines is 2. The Morgan fingerprint density at radius 3 is 2.70 bits per heavy atom. The summed E-state index contributed by atoms with van der Waals surface area (Å²) >= 11 is 0. The highest BCUT2D eigenvalue weighted by Crippen LogP contribution is 2.32. The van der Waals surface area contributed by atoms with E-state index in [9.17, 15) is 4.39 Å². The van der Waals surface area contributed by atoms with Crippen LogP contribution in [0, 0.1) is 11.7 Å². The van der Waals surface area contributed by atoms with Crippen LogP contribution in [0.2, 0.25) is 0 Å². The van der Waals surface area contributed by atoms with Crippen molar-refractivity contribution in [1.82, 2.24) is 0 Å². The van der Waals surface area contributed by atoms with Crippen LogP contribution in [0.1, 0.15) is 46.0 Å². The third-order valence-corrected chi connectivity index (χ3v) is 4.14. The van der Waals surface area contributed by atoms with E-state index in [4.69, 9.17) is 10.5 Å². The molecule has 1 atom stereocenters. The minimum atomic E-state index is -0.403. The first-order valence-corrected chi connectivity index (χ1v) is 7.60. The molecule has 2 rings (SSSR count). The lowest BCUT2D eigenvalue weighted by Crippen LogP contribution is -2.28. The van der Waals surface area contributed by atoms with E-state index in [-0.39, 0.29) is 5.75 Å². The van der Waals surface area contributed by atoms with Crippen LogP contribution in [0.4, 0.5) is 15.8 Å². The van der Waals surface area contributed by atoms with Crippen molar-refractivity contribution in [2.75, 3.05) is 17.7 Å². The molecule has 0 heterocycles. The van der Waals surface area contributed by atoms with Crippen molar-refractivity contribution in [3.05, 3.63) is 17.9 Å².